The van der Waals surface area contributed by atoms with Gasteiger partial charge in [0.1, 0.15) is 5.75 Å². The molecule has 0 aliphatic heterocycles. The number of aromatic nitrogens is 1. The molecule has 0 bridgehead atoms. The van der Waals surface area contributed by atoms with Crippen LogP contribution >= 0.6 is 0 Å². The Bertz CT molecular complexity index is 1900. The Morgan fingerprint density at radius 2 is 1.55 bits per heavy atom. The first-order valence-corrected chi connectivity index (χ1v) is 14.4. The molecule has 5 heteroatoms. The smallest absolute Gasteiger partial charge is 0.337 e. The maximum absolute atomic E-state index is 11.9. The molecule has 0 fully saturated rings. The average Bonchev–Trinajstić information content (AvgIpc) is 3.36. The Labute approximate surface area is 246 Å². The molecule has 0 saturated heterocycles. The lowest BCUT2D eigenvalue weighted by Gasteiger charge is -2.14. The second-order valence-electron chi connectivity index (χ2n) is 10.3. The Hall–Kier alpha value is -5.03. The van der Waals surface area contributed by atoms with E-state index in [4.69, 9.17) is 9.47 Å². The van der Waals surface area contributed by atoms with Gasteiger partial charge >= 0.3 is 5.97 Å². The molecule has 5 nitrogen and oxygen atoms in total. The number of rotatable bonds is 10. The zero-order valence-corrected chi connectivity index (χ0v) is 24.0. The van der Waals surface area contributed by atoms with Gasteiger partial charge in [0.05, 0.1) is 19.3 Å². The predicted octanol–water partition coefficient (Wildman–Crippen LogP) is 8.72. The molecular formula is C37H34N2O3. The highest BCUT2D eigenvalue weighted by molar-refractivity contribution is 6.09. The Balaban J connectivity index is 1.24. The van der Waals surface area contributed by atoms with Crippen LogP contribution in [0.15, 0.2) is 115 Å². The molecule has 0 unspecified atom stereocenters. The summed E-state index contributed by atoms with van der Waals surface area (Å²) in [4.78, 5) is 11.9. The van der Waals surface area contributed by atoms with Gasteiger partial charge in [-0.25, -0.2) is 4.79 Å². The normalized spacial score (nSPS) is 11.7. The topological polar surface area (TPSA) is 52.5 Å². The van der Waals surface area contributed by atoms with E-state index in [1.807, 2.05) is 36.4 Å². The van der Waals surface area contributed by atoms with Gasteiger partial charge < -0.3 is 19.4 Å². The zero-order chi connectivity index (χ0) is 28.9. The highest BCUT2D eigenvalue weighted by Crippen LogP contribution is 2.31. The number of benzene rings is 5. The summed E-state index contributed by atoms with van der Waals surface area (Å²) >= 11 is 0. The molecule has 0 spiro atoms. The highest BCUT2D eigenvalue weighted by Gasteiger charge is 2.11. The van der Waals surface area contributed by atoms with Crippen LogP contribution in [0, 0.1) is 0 Å². The quantitative estimate of drug-likeness (QED) is 0.172. The van der Waals surface area contributed by atoms with Crippen LogP contribution in [0.4, 0.5) is 5.69 Å². The van der Waals surface area contributed by atoms with Gasteiger partial charge in [0.15, 0.2) is 0 Å². The van der Waals surface area contributed by atoms with Crippen LogP contribution in [0.1, 0.15) is 29.3 Å². The van der Waals surface area contributed by atoms with Crippen LogP contribution < -0.4 is 10.1 Å². The summed E-state index contributed by atoms with van der Waals surface area (Å²) in [6.45, 7) is 4.32. The van der Waals surface area contributed by atoms with Gasteiger partial charge in [0.2, 0.25) is 0 Å². The summed E-state index contributed by atoms with van der Waals surface area (Å²) < 4.78 is 13.5. The average molecular weight is 555 g/mol. The summed E-state index contributed by atoms with van der Waals surface area (Å²) in [7, 11) is 1.40. The first-order chi connectivity index (χ1) is 20.6. The monoisotopic (exact) mass is 554 g/mol. The van der Waals surface area contributed by atoms with Crippen LogP contribution in [-0.4, -0.2) is 30.8 Å². The fraction of sp³-hybridized carbons (Fsp3) is 0.162. The van der Waals surface area contributed by atoms with E-state index in [2.05, 4.69) is 83.5 Å². The van der Waals surface area contributed by atoms with Crippen LogP contribution in [0.5, 0.6) is 5.75 Å². The van der Waals surface area contributed by atoms with E-state index < -0.39 is 0 Å². The zero-order valence-electron chi connectivity index (χ0n) is 24.0. The van der Waals surface area contributed by atoms with E-state index in [9.17, 15) is 4.79 Å². The number of carbonyl (C=O) groups excluding carboxylic acids is 1. The molecule has 210 valence electrons. The minimum absolute atomic E-state index is 0.337. The Morgan fingerprint density at radius 3 is 2.36 bits per heavy atom. The van der Waals surface area contributed by atoms with Gasteiger partial charge in [0, 0.05) is 52.4 Å². The van der Waals surface area contributed by atoms with Gasteiger partial charge in [-0.15, -0.1) is 0 Å². The molecule has 42 heavy (non-hydrogen) atoms. The number of hydrogen-bond donors (Lipinski definition) is 1. The van der Waals surface area contributed by atoms with Crippen molar-refractivity contribution in [1.82, 2.24) is 4.57 Å². The number of fused-ring (bicyclic) bond motifs is 4. The molecule has 0 aliphatic carbocycles. The van der Waals surface area contributed by atoms with Crippen LogP contribution in [0.3, 0.4) is 0 Å². The van der Waals surface area contributed by atoms with Crippen molar-refractivity contribution < 1.29 is 14.3 Å². The maximum atomic E-state index is 11.9. The molecule has 0 atom stereocenters. The van der Waals surface area contributed by atoms with Crippen molar-refractivity contribution in [3.63, 3.8) is 0 Å². The largest absolute Gasteiger partial charge is 0.493 e. The van der Waals surface area contributed by atoms with Crippen molar-refractivity contribution in [2.75, 3.05) is 25.6 Å². The summed E-state index contributed by atoms with van der Waals surface area (Å²) in [6, 6.07) is 37.1. The number of esters is 1. The summed E-state index contributed by atoms with van der Waals surface area (Å²) in [5.74, 6) is 0.552. The van der Waals surface area contributed by atoms with Crippen molar-refractivity contribution in [2.45, 2.75) is 19.9 Å². The van der Waals surface area contributed by atoms with Crippen molar-refractivity contribution >= 4 is 50.3 Å². The fourth-order valence-corrected chi connectivity index (χ4v) is 5.61. The second kappa shape index (κ2) is 12.2. The van der Waals surface area contributed by atoms with Crippen molar-refractivity contribution in [2.24, 2.45) is 0 Å². The Kier molecular flexibility index (Phi) is 7.91. The number of carbonyl (C=O) groups is 1. The fourth-order valence-electron chi connectivity index (χ4n) is 5.61. The number of nitrogens with zero attached hydrogens (tertiary/aromatic N) is 1. The predicted molar refractivity (Wildman–Crippen MR) is 173 cm³/mol. The standard InChI is InChI=1S/C37H34N2O3/c1-3-39-34-13-7-6-12-32(34)33-24-30(19-20-35(33)39)38-25-27(23-26-15-17-29(18-16-26)37(40)41-2)21-22-42-36-14-8-10-28-9-4-5-11-31(28)36/h4-20,23-24,38H,3,21-22,25H2,1-2H3/b27-23+. The number of ether oxygens (including phenoxy) is 2. The summed E-state index contributed by atoms with van der Waals surface area (Å²) in [5, 5.41) is 8.45. The number of hydrogen-bond acceptors (Lipinski definition) is 4. The first kappa shape index (κ1) is 27.2. The number of methoxy groups -OCH3 is 1. The molecule has 0 amide bonds. The van der Waals surface area contributed by atoms with Crippen molar-refractivity contribution in [1.29, 1.82) is 0 Å². The van der Waals surface area contributed by atoms with E-state index in [1.54, 1.807) is 12.1 Å². The van der Waals surface area contributed by atoms with Crippen molar-refractivity contribution in [3.05, 3.63) is 126 Å². The van der Waals surface area contributed by atoms with Crippen LogP contribution in [0.25, 0.3) is 38.7 Å². The minimum Gasteiger partial charge on any atom is -0.493 e. The minimum atomic E-state index is -0.337. The third-order valence-corrected chi connectivity index (χ3v) is 7.74. The number of nitrogens with one attached hydrogen (secondary N) is 1. The van der Waals surface area contributed by atoms with E-state index in [-0.39, 0.29) is 5.97 Å². The van der Waals surface area contributed by atoms with Gasteiger partial charge in [-0.3, -0.25) is 0 Å². The van der Waals surface area contributed by atoms with Gasteiger partial charge in [-0.05, 0) is 65.9 Å². The lowest BCUT2D eigenvalue weighted by Crippen LogP contribution is -2.09. The molecule has 6 aromatic rings. The third-order valence-electron chi connectivity index (χ3n) is 7.74. The summed E-state index contributed by atoms with van der Waals surface area (Å²) in [6.07, 6.45) is 2.91. The van der Waals surface area contributed by atoms with E-state index in [1.165, 1.54) is 34.5 Å². The SMILES string of the molecule is CCn1c2ccccc2c2cc(NC/C(=C/c3ccc(C(=O)OC)cc3)CCOc3cccc4ccccc34)ccc21. The number of para-hydroxylation sites is 1. The molecule has 1 heterocycles. The van der Waals surface area contributed by atoms with Gasteiger partial charge in [-0.1, -0.05) is 72.8 Å². The molecule has 6 rings (SSSR count). The van der Waals surface area contributed by atoms with Gasteiger partial charge in [-0.2, -0.15) is 0 Å². The number of anilines is 1. The van der Waals surface area contributed by atoms with E-state index in [0.717, 1.165) is 40.7 Å². The molecule has 0 aliphatic rings. The highest BCUT2D eigenvalue weighted by atomic mass is 16.5. The maximum Gasteiger partial charge on any atom is 0.337 e. The second-order valence-corrected chi connectivity index (χ2v) is 10.3. The van der Waals surface area contributed by atoms with E-state index >= 15 is 0 Å². The van der Waals surface area contributed by atoms with Gasteiger partial charge in [0.25, 0.3) is 0 Å². The molecule has 1 aromatic heterocycles. The molecular weight excluding hydrogens is 520 g/mol. The van der Waals surface area contributed by atoms with Crippen LogP contribution in [0.2, 0.25) is 0 Å². The molecule has 1 N–H and O–H groups in total. The van der Waals surface area contributed by atoms with Crippen molar-refractivity contribution in [3.8, 4) is 5.75 Å². The van der Waals surface area contributed by atoms with E-state index in [0.29, 0.717) is 18.7 Å². The lowest BCUT2D eigenvalue weighted by molar-refractivity contribution is 0.0600. The lowest BCUT2D eigenvalue weighted by atomic mass is 10.1. The molecule has 0 radical (unpaired) electrons. The molecule has 0 saturated carbocycles. The Morgan fingerprint density at radius 1 is 0.810 bits per heavy atom. The third kappa shape index (κ3) is 5.59. The first-order valence-electron chi connectivity index (χ1n) is 14.4. The summed E-state index contributed by atoms with van der Waals surface area (Å²) in [5.41, 5.74) is 6.32. The van der Waals surface area contributed by atoms with Crippen LogP contribution in [-0.2, 0) is 11.3 Å². The number of aryl methyl sites for hydroxylation is 1. The molecule has 5 aromatic carbocycles.